The summed E-state index contributed by atoms with van der Waals surface area (Å²) < 4.78 is 21.2. The van der Waals surface area contributed by atoms with Gasteiger partial charge in [-0.2, -0.15) is 0 Å². The van der Waals surface area contributed by atoms with Crippen LogP contribution in [0.4, 0.5) is 4.39 Å². The van der Waals surface area contributed by atoms with Gasteiger partial charge in [0.05, 0.1) is 30.1 Å². The molecule has 2 amide bonds. The van der Waals surface area contributed by atoms with Crippen LogP contribution in [-0.4, -0.2) is 155 Å². The van der Waals surface area contributed by atoms with Gasteiger partial charge in [-0.1, -0.05) is 0 Å². The predicted octanol–water partition coefficient (Wildman–Crippen LogP) is -1.12. The quantitative estimate of drug-likeness (QED) is 0.0774. The first kappa shape index (κ1) is 37.6. The second kappa shape index (κ2) is 18.5. The number of amides is 2. The van der Waals surface area contributed by atoms with Crippen LogP contribution in [0.1, 0.15) is 57.8 Å². The molecule has 13 nitrogen and oxygen atoms in total. The molecular formula is C31H55ClFN5O8. The number of likely N-dealkylation sites (tertiary alicyclic amines) is 2. The number of hydrogen-bond acceptors (Lipinski definition) is 11. The van der Waals surface area contributed by atoms with Gasteiger partial charge >= 0.3 is 0 Å². The molecular weight excluding hydrogens is 625 g/mol. The molecule has 4 rings (SSSR count). The lowest BCUT2D eigenvalue weighted by molar-refractivity contribution is -0.133. The van der Waals surface area contributed by atoms with Crippen molar-refractivity contribution in [3.05, 3.63) is 0 Å². The minimum Gasteiger partial charge on any atom is -0.394 e. The number of ether oxygens (including phenoxy) is 1. The van der Waals surface area contributed by atoms with E-state index in [1.165, 1.54) is 0 Å². The van der Waals surface area contributed by atoms with Gasteiger partial charge in [0.15, 0.2) is 0 Å². The molecule has 1 aliphatic carbocycles. The molecule has 3 heterocycles. The zero-order valence-corrected chi connectivity index (χ0v) is 27.4. The summed E-state index contributed by atoms with van der Waals surface area (Å²) in [5, 5.41) is 57.5. The molecule has 0 bridgehead atoms. The number of halogens is 2. The number of carbonyl (C=O) groups is 2. The van der Waals surface area contributed by atoms with Gasteiger partial charge in [-0.3, -0.25) is 25.1 Å². The number of carbonyl (C=O) groups excluding carboxylic acids is 2. The first-order valence-corrected chi connectivity index (χ1v) is 17.5. The zero-order valence-electron chi connectivity index (χ0n) is 26.7. The van der Waals surface area contributed by atoms with Crippen molar-refractivity contribution in [3.8, 4) is 0 Å². The Morgan fingerprint density at radius 2 is 1.67 bits per heavy atom. The van der Waals surface area contributed by atoms with Crippen molar-refractivity contribution in [2.75, 3.05) is 59.0 Å². The number of nitrogens with one attached hydrogen (secondary N) is 3. The average molecular weight is 680 g/mol. The van der Waals surface area contributed by atoms with Crippen molar-refractivity contribution in [2.24, 2.45) is 17.8 Å². The van der Waals surface area contributed by atoms with Crippen LogP contribution in [-0.2, 0) is 14.3 Å². The maximum Gasteiger partial charge on any atom is 0.225 e. The molecule has 15 heteroatoms. The monoisotopic (exact) mass is 679 g/mol. The summed E-state index contributed by atoms with van der Waals surface area (Å²) in [5.74, 6) is -0.787. The van der Waals surface area contributed by atoms with E-state index >= 15 is 4.39 Å². The van der Waals surface area contributed by atoms with Crippen LogP contribution in [0.5, 0.6) is 0 Å². The van der Waals surface area contributed by atoms with Gasteiger partial charge in [-0.15, -0.1) is 11.6 Å². The first-order chi connectivity index (χ1) is 22.0. The fourth-order valence-corrected chi connectivity index (χ4v) is 7.29. The zero-order chi connectivity index (χ0) is 33.2. The predicted molar refractivity (Wildman–Crippen MR) is 168 cm³/mol. The van der Waals surface area contributed by atoms with E-state index in [0.29, 0.717) is 38.3 Å². The van der Waals surface area contributed by atoms with E-state index < -0.39 is 49.0 Å². The summed E-state index contributed by atoms with van der Waals surface area (Å²) in [7, 11) is 0. The second-order valence-corrected chi connectivity index (χ2v) is 14.2. The van der Waals surface area contributed by atoms with E-state index in [0.717, 1.165) is 58.3 Å². The minimum atomic E-state index is -1.78. The van der Waals surface area contributed by atoms with Crippen molar-refractivity contribution >= 4 is 23.4 Å². The highest BCUT2D eigenvalue weighted by atomic mass is 35.5. The summed E-state index contributed by atoms with van der Waals surface area (Å²) >= 11 is 6.15. The van der Waals surface area contributed by atoms with Crippen LogP contribution >= 0.6 is 11.6 Å². The summed E-state index contributed by atoms with van der Waals surface area (Å²) in [6, 6.07) is 0. The molecule has 3 aliphatic heterocycles. The smallest absolute Gasteiger partial charge is 0.225 e. The van der Waals surface area contributed by atoms with Gasteiger partial charge in [-0.05, 0) is 56.8 Å². The normalized spacial score (nSPS) is 32.5. The third kappa shape index (κ3) is 10.9. The van der Waals surface area contributed by atoms with Crippen molar-refractivity contribution in [2.45, 2.75) is 106 Å². The largest absolute Gasteiger partial charge is 0.394 e. The standard InChI is InChI=1S/C31H55ClFN5O8/c32-22-14-35-31(36-15-22)37-8-5-19(6-9-37)2-1-11-46-23-4-3-20(24(33)13-23)12-27(42)38-10-7-21(17-38)30(45)34-16-25(40)28(43)29(44)26(41)18-39/h19-26,28-29,31,35-36,39-41,43-44H,1-18H2,(H,34,45)/t20?,21-,22?,23?,24?,25-,26+,28+,29+,31?/m0/s1. The summed E-state index contributed by atoms with van der Waals surface area (Å²) in [5.41, 5.74) is 0. The fourth-order valence-electron chi connectivity index (χ4n) is 7.11. The van der Waals surface area contributed by atoms with Crippen LogP contribution in [0.25, 0.3) is 0 Å². The molecule has 3 unspecified atom stereocenters. The number of nitrogens with zero attached hydrogens (tertiary/aromatic N) is 2. The van der Waals surface area contributed by atoms with Crippen molar-refractivity contribution in [1.82, 2.24) is 25.8 Å². The molecule has 0 aromatic rings. The summed E-state index contributed by atoms with van der Waals surface area (Å²) in [6.45, 7) is 3.78. The lowest BCUT2D eigenvalue weighted by Gasteiger charge is -2.41. The molecule has 46 heavy (non-hydrogen) atoms. The molecule has 0 spiro atoms. The van der Waals surface area contributed by atoms with E-state index in [2.05, 4.69) is 20.9 Å². The molecule has 4 aliphatic rings. The Kier molecular flexibility index (Phi) is 15.2. The Labute approximate surface area is 276 Å². The molecule has 0 radical (unpaired) electrons. The molecule has 8 atom stereocenters. The maximum atomic E-state index is 15.1. The molecule has 1 saturated carbocycles. The maximum absolute atomic E-state index is 15.1. The number of hydrogen-bond donors (Lipinski definition) is 8. The Morgan fingerprint density at radius 1 is 0.978 bits per heavy atom. The van der Waals surface area contributed by atoms with Crippen molar-refractivity contribution in [1.29, 1.82) is 0 Å². The minimum absolute atomic E-state index is 0.0925. The number of alkyl halides is 2. The van der Waals surface area contributed by atoms with Crippen LogP contribution in [0.2, 0.25) is 0 Å². The van der Waals surface area contributed by atoms with Crippen LogP contribution in [0.15, 0.2) is 0 Å². The second-order valence-electron chi connectivity index (χ2n) is 13.6. The van der Waals surface area contributed by atoms with Gasteiger partial charge in [0.25, 0.3) is 0 Å². The van der Waals surface area contributed by atoms with Crippen LogP contribution in [0.3, 0.4) is 0 Å². The number of piperidine rings is 1. The SMILES string of the molecule is O=C(NC[C@H](O)[C@@H](O)[C@H](O)[C@H](O)CO)[C@H]1CCN(C(=O)CC2CCC(OCCCC3CCN(C4NCC(Cl)CN4)CC3)CC2F)C1. The van der Waals surface area contributed by atoms with Gasteiger partial charge < -0.3 is 40.5 Å². The van der Waals surface area contributed by atoms with Crippen LogP contribution in [0, 0.1) is 17.8 Å². The van der Waals surface area contributed by atoms with Crippen molar-refractivity contribution < 1.29 is 44.2 Å². The number of rotatable bonds is 15. The topological polar surface area (TPSA) is 187 Å². The fraction of sp³-hybridized carbons (Fsp3) is 0.935. The number of aliphatic hydroxyl groups is 5. The van der Waals surface area contributed by atoms with E-state index in [-0.39, 0.29) is 49.1 Å². The van der Waals surface area contributed by atoms with Gasteiger partial charge in [0.1, 0.15) is 30.8 Å². The molecule has 0 aromatic carbocycles. The highest BCUT2D eigenvalue weighted by Gasteiger charge is 2.37. The van der Waals surface area contributed by atoms with E-state index in [1.807, 2.05) is 0 Å². The summed E-state index contributed by atoms with van der Waals surface area (Å²) in [6.07, 6.45) is -1.25. The Balaban J connectivity index is 1.06. The number of aliphatic hydroxyl groups excluding tert-OH is 5. The molecule has 3 saturated heterocycles. The Bertz CT molecular complexity index is 945. The average Bonchev–Trinajstić information content (AvgIpc) is 3.57. The third-order valence-electron chi connectivity index (χ3n) is 10.2. The lowest BCUT2D eigenvalue weighted by Crippen LogP contribution is -2.62. The third-order valence-corrected chi connectivity index (χ3v) is 10.5. The Hall–Kier alpha value is -1.20. The highest BCUT2D eigenvalue weighted by Crippen LogP contribution is 2.33. The Morgan fingerprint density at radius 3 is 2.35 bits per heavy atom. The van der Waals surface area contributed by atoms with Gasteiger partial charge in [0, 0.05) is 65.3 Å². The molecule has 8 N–H and O–H groups in total. The van der Waals surface area contributed by atoms with Gasteiger partial charge in [0.2, 0.25) is 11.8 Å². The van der Waals surface area contributed by atoms with Crippen molar-refractivity contribution in [3.63, 3.8) is 0 Å². The molecule has 266 valence electrons. The molecule has 4 fully saturated rings. The van der Waals surface area contributed by atoms with E-state index in [9.17, 15) is 30.0 Å². The molecule has 0 aromatic heterocycles. The van der Waals surface area contributed by atoms with E-state index in [4.69, 9.17) is 21.4 Å². The summed E-state index contributed by atoms with van der Waals surface area (Å²) in [4.78, 5) is 29.6. The van der Waals surface area contributed by atoms with Gasteiger partial charge in [-0.25, -0.2) is 4.39 Å². The first-order valence-electron chi connectivity index (χ1n) is 17.0. The highest BCUT2D eigenvalue weighted by molar-refractivity contribution is 6.21. The lowest BCUT2D eigenvalue weighted by atomic mass is 9.83. The van der Waals surface area contributed by atoms with Crippen LogP contribution < -0.4 is 16.0 Å². The van der Waals surface area contributed by atoms with E-state index in [1.54, 1.807) is 4.90 Å².